The lowest BCUT2D eigenvalue weighted by Crippen LogP contribution is -2.05. The molecule has 0 atom stereocenters. The monoisotopic (exact) mass is 283 g/mol. The van der Waals surface area contributed by atoms with Crippen LogP contribution in [0.4, 0.5) is 4.39 Å². The summed E-state index contributed by atoms with van der Waals surface area (Å²) in [5, 5.41) is 0.500. The summed E-state index contributed by atoms with van der Waals surface area (Å²) >= 11 is 11.2. The molecule has 0 amide bonds. The standard InChI is InChI=1S/C13H8Cl2FNO/c14-9-2-4-12(17-7-9)13(18)6-8-1-3-10(15)11(16)5-8/h1-5,7H,6H2. The van der Waals surface area contributed by atoms with E-state index in [1.807, 2.05) is 0 Å². The van der Waals surface area contributed by atoms with Crippen LogP contribution in [0, 0.1) is 5.82 Å². The van der Waals surface area contributed by atoms with Gasteiger partial charge in [-0.15, -0.1) is 0 Å². The molecule has 18 heavy (non-hydrogen) atoms. The molecule has 0 unspecified atom stereocenters. The first-order valence-electron chi connectivity index (χ1n) is 5.15. The van der Waals surface area contributed by atoms with Gasteiger partial charge >= 0.3 is 0 Å². The Morgan fingerprint density at radius 1 is 1.22 bits per heavy atom. The van der Waals surface area contributed by atoms with Gasteiger partial charge in [0, 0.05) is 12.6 Å². The van der Waals surface area contributed by atoms with E-state index >= 15 is 0 Å². The molecule has 0 aliphatic heterocycles. The lowest BCUT2D eigenvalue weighted by atomic mass is 10.1. The smallest absolute Gasteiger partial charge is 0.185 e. The van der Waals surface area contributed by atoms with Gasteiger partial charge in [0.05, 0.1) is 10.0 Å². The SMILES string of the molecule is O=C(Cc1ccc(Cl)c(F)c1)c1ccc(Cl)cn1. The number of halogens is 3. The van der Waals surface area contributed by atoms with Crippen molar-refractivity contribution < 1.29 is 9.18 Å². The zero-order valence-corrected chi connectivity index (χ0v) is 10.7. The van der Waals surface area contributed by atoms with Crippen LogP contribution in [0.25, 0.3) is 0 Å². The topological polar surface area (TPSA) is 30.0 Å². The highest BCUT2D eigenvalue weighted by Gasteiger charge is 2.10. The predicted molar refractivity (Wildman–Crippen MR) is 68.7 cm³/mol. The summed E-state index contributed by atoms with van der Waals surface area (Å²) < 4.78 is 13.2. The van der Waals surface area contributed by atoms with Crippen molar-refractivity contribution in [1.29, 1.82) is 0 Å². The zero-order valence-electron chi connectivity index (χ0n) is 9.16. The maximum absolute atomic E-state index is 13.2. The first-order valence-corrected chi connectivity index (χ1v) is 5.90. The second-order valence-electron chi connectivity index (χ2n) is 3.71. The minimum absolute atomic E-state index is 0.0378. The van der Waals surface area contributed by atoms with Gasteiger partial charge in [0.1, 0.15) is 11.5 Å². The molecule has 0 aliphatic rings. The Morgan fingerprint density at radius 3 is 2.61 bits per heavy atom. The highest BCUT2D eigenvalue weighted by Crippen LogP contribution is 2.17. The fourth-order valence-electron chi connectivity index (χ4n) is 1.47. The number of Topliss-reactive ketones (excluding diaryl/α,β-unsaturated/α-hetero) is 1. The van der Waals surface area contributed by atoms with E-state index in [0.717, 1.165) is 0 Å². The van der Waals surface area contributed by atoms with Crippen molar-refractivity contribution in [2.24, 2.45) is 0 Å². The predicted octanol–water partition coefficient (Wildman–Crippen LogP) is 3.95. The molecule has 1 aromatic carbocycles. The van der Waals surface area contributed by atoms with Crippen LogP contribution >= 0.6 is 23.2 Å². The largest absolute Gasteiger partial charge is 0.292 e. The number of aromatic nitrogens is 1. The summed E-state index contributed by atoms with van der Waals surface area (Å²) in [5.74, 6) is -0.737. The molecule has 2 nitrogen and oxygen atoms in total. The van der Waals surface area contributed by atoms with Crippen LogP contribution in [-0.2, 0) is 6.42 Å². The van der Waals surface area contributed by atoms with E-state index in [-0.39, 0.29) is 17.2 Å². The lowest BCUT2D eigenvalue weighted by Gasteiger charge is -2.02. The van der Waals surface area contributed by atoms with Crippen molar-refractivity contribution in [3.63, 3.8) is 0 Å². The fraction of sp³-hybridized carbons (Fsp3) is 0.0769. The molecule has 92 valence electrons. The van der Waals surface area contributed by atoms with E-state index in [1.54, 1.807) is 12.1 Å². The van der Waals surface area contributed by atoms with Crippen molar-refractivity contribution in [2.45, 2.75) is 6.42 Å². The maximum atomic E-state index is 13.2. The van der Waals surface area contributed by atoms with Crippen molar-refractivity contribution in [3.05, 3.63) is 63.6 Å². The Bertz CT molecular complexity index is 584. The van der Waals surface area contributed by atoms with Gasteiger partial charge in [-0.05, 0) is 29.8 Å². The van der Waals surface area contributed by atoms with Crippen LogP contribution in [0.5, 0.6) is 0 Å². The second-order valence-corrected chi connectivity index (χ2v) is 4.55. The molecule has 0 fully saturated rings. The van der Waals surface area contributed by atoms with Crippen molar-refractivity contribution in [1.82, 2.24) is 4.98 Å². The zero-order chi connectivity index (χ0) is 13.1. The van der Waals surface area contributed by atoms with E-state index in [2.05, 4.69) is 4.98 Å². The third-order valence-corrected chi connectivity index (χ3v) is 2.89. The summed E-state index contributed by atoms with van der Waals surface area (Å²) in [5.41, 5.74) is 0.855. The summed E-state index contributed by atoms with van der Waals surface area (Å²) in [4.78, 5) is 15.8. The number of hydrogen-bond acceptors (Lipinski definition) is 2. The Balaban J connectivity index is 2.16. The maximum Gasteiger partial charge on any atom is 0.185 e. The van der Waals surface area contributed by atoms with Crippen LogP contribution in [0.2, 0.25) is 10.0 Å². The van der Waals surface area contributed by atoms with Gasteiger partial charge in [-0.3, -0.25) is 9.78 Å². The third-order valence-electron chi connectivity index (χ3n) is 2.36. The molecule has 0 aliphatic carbocycles. The van der Waals surface area contributed by atoms with Crippen molar-refractivity contribution in [2.75, 3.05) is 0 Å². The number of carbonyl (C=O) groups is 1. The lowest BCUT2D eigenvalue weighted by molar-refractivity contribution is 0.0988. The van der Waals surface area contributed by atoms with Gasteiger partial charge in [0.25, 0.3) is 0 Å². The molecule has 2 aromatic rings. The van der Waals surface area contributed by atoms with Gasteiger partial charge in [-0.2, -0.15) is 0 Å². The van der Waals surface area contributed by atoms with E-state index in [9.17, 15) is 9.18 Å². The van der Waals surface area contributed by atoms with Crippen LogP contribution < -0.4 is 0 Å². The molecule has 0 saturated heterocycles. The molecule has 0 bridgehead atoms. The van der Waals surface area contributed by atoms with Crippen LogP contribution in [0.1, 0.15) is 16.1 Å². The molecule has 1 aromatic heterocycles. The quantitative estimate of drug-likeness (QED) is 0.799. The minimum atomic E-state index is -0.536. The number of ketones is 1. The molecule has 2 rings (SSSR count). The second kappa shape index (κ2) is 5.46. The molecule has 1 heterocycles. The van der Waals surface area contributed by atoms with Crippen molar-refractivity contribution >= 4 is 29.0 Å². The summed E-state index contributed by atoms with van der Waals surface area (Å²) in [6.07, 6.45) is 1.47. The number of hydrogen-bond donors (Lipinski definition) is 0. The fourth-order valence-corrected chi connectivity index (χ4v) is 1.70. The van der Waals surface area contributed by atoms with E-state index < -0.39 is 5.82 Å². The van der Waals surface area contributed by atoms with Crippen LogP contribution in [-0.4, -0.2) is 10.8 Å². The average molecular weight is 284 g/mol. The Labute approximate surface area is 113 Å². The highest BCUT2D eigenvalue weighted by atomic mass is 35.5. The van der Waals surface area contributed by atoms with Crippen molar-refractivity contribution in [3.8, 4) is 0 Å². The molecule has 0 saturated carbocycles. The molecule has 0 spiro atoms. The van der Waals surface area contributed by atoms with Gasteiger partial charge in [-0.1, -0.05) is 29.3 Å². The molecule has 0 N–H and O–H groups in total. The van der Waals surface area contributed by atoms with Gasteiger partial charge in [0.15, 0.2) is 5.78 Å². The van der Waals surface area contributed by atoms with Gasteiger partial charge in [-0.25, -0.2) is 4.39 Å². The number of nitrogens with zero attached hydrogens (tertiary/aromatic N) is 1. The Hall–Kier alpha value is -1.45. The first-order chi connectivity index (χ1) is 8.56. The van der Waals surface area contributed by atoms with Crippen LogP contribution in [0.15, 0.2) is 36.5 Å². The summed E-state index contributed by atoms with van der Waals surface area (Å²) in [7, 11) is 0. The molecule has 5 heteroatoms. The number of benzene rings is 1. The first kappa shape index (κ1) is 13.0. The normalized spacial score (nSPS) is 10.4. The minimum Gasteiger partial charge on any atom is -0.292 e. The highest BCUT2D eigenvalue weighted by molar-refractivity contribution is 6.30. The van der Waals surface area contributed by atoms with Crippen LogP contribution in [0.3, 0.4) is 0 Å². The summed E-state index contributed by atoms with van der Waals surface area (Å²) in [6, 6.07) is 7.41. The molecular formula is C13H8Cl2FNO. The summed E-state index contributed by atoms with van der Waals surface area (Å²) in [6.45, 7) is 0. The van der Waals surface area contributed by atoms with E-state index in [1.165, 1.54) is 24.4 Å². The Kier molecular flexibility index (Phi) is 3.94. The van der Waals surface area contributed by atoms with Gasteiger partial charge < -0.3 is 0 Å². The number of pyridine rings is 1. The average Bonchev–Trinajstić information content (AvgIpc) is 2.34. The van der Waals surface area contributed by atoms with Gasteiger partial charge in [0.2, 0.25) is 0 Å². The number of carbonyl (C=O) groups excluding carboxylic acids is 1. The number of rotatable bonds is 3. The molecular weight excluding hydrogens is 276 g/mol. The Morgan fingerprint density at radius 2 is 2.00 bits per heavy atom. The molecule has 0 radical (unpaired) electrons. The van der Waals surface area contributed by atoms with E-state index in [0.29, 0.717) is 16.3 Å². The van der Waals surface area contributed by atoms with E-state index in [4.69, 9.17) is 23.2 Å². The third kappa shape index (κ3) is 3.06.